The van der Waals surface area contributed by atoms with Crippen molar-refractivity contribution in [2.45, 2.75) is 5.41 Å². The Morgan fingerprint density at radius 3 is 1.31 bits per heavy atom. The second-order valence-corrected chi connectivity index (χ2v) is 22.5. The second kappa shape index (κ2) is 16.3. The lowest BCUT2D eigenvalue weighted by atomic mass is 9.62. The van der Waals surface area contributed by atoms with E-state index < -0.39 is 13.5 Å². The molecule has 2 aliphatic heterocycles. The number of anilines is 6. The third-order valence-corrected chi connectivity index (χ3v) is 20.1. The van der Waals surface area contributed by atoms with E-state index in [1.54, 1.807) is 0 Å². The summed E-state index contributed by atoms with van der Waals surface area (Å²) >= 11 is 0. The number of hydrogen-bond donors (Lipinski definition) is 0. The zero-order valence-electron chi connectivity index (χ0n) is 39.0. The maximum absolute atomic E-state index is 2.77. The third-order valence-electron chi connectivity index (χ3n) is 15.3. The van der Waals surface area contributed by atoms with Gasteiger partial charge in [0.1, 0.15) is 0 Å². The van der Waals surface area contributed by atoms with E-state index in [2.05, 4.69) is 299 Å². The van der Waals surface area contributed by atoms with Crippen LogP contribution in [0.4, 0.5) is 34.1 Å². The summed E-state index contributed by atoms with van der Waals surface area (Å²) in [5, 5.41) is 7.99. The smallest absolute Gasteiger partial charge is 0.184 e. The first kappa shape index (κ1) is 41.0. The molecule has 14 rings (SSSR count). The normalized spacial score (nSPS) is 14.1. The van der Waals surface area contributed by atoms with E-state index in [9.17, 15) is 0 Å². The fourth-order valence-electron chi connectivity index (χ4n) is 12.5. The van der Waals surface area contributed by atoms with Crippen LogP contribution in [-0.2, 0) is 5.41 Å². The summed E-state index contributed by atoms with van der Waals surface area (Å²) in [6.45, 7) is 0. The van der Waals surface area contributed by atoms with Crippen molar-refractivity contribution in [3.63, 3.8) is 0 Å². The number of benzene rings is 11. The molecule has 0 unspecified atom stereocenters. The van der Waals surface area contributed by atoms with E-state index in [1.807, 2.05) is 0 Å². The molecule has 2 aliphatic rings. The molecule has 71 heavy (non-hydrogen) atoms. The largest absolute Gasteiger partial charge is 0.311 e. The lowest BCUT2D eigenvalue weighted by Crippen LogP contribution is -2.77. The van der Waals surface area contributed by atoms with Crippen LogP contribution >= 0.6 is 0 Å². The monoisotopic (exact) mass is 921 g/mol. The first-order chi connectivity index (χ1) is 35.3. The van der Waals surface area contributed by atoms with E-state index in [4.69, 9.17) is 0 Å². The van der Waals surface area contributed by atoms with Gasteiger partial charge in [-0.25, -0.2) is 0 Å². The van der Waals surface area contributed by atoms with E-state index in [1.165, 1.54) is 76.2 Å². The van der Waals surface area contributed by atoms with Crippen LogP contribution in [0.5, 0.6) is 0 Å². The van der Waals surface area contributed by atoms with Crippen molar-refractivity contribution >= 4 is 84.8 Å². The van der Waals surface area contributed by atoms with Crippen LogP contribution in [0.1, 0.15) is 22.3 Å². The van der Waals surface area contributed by atoms with Crippen molar-refractivity contribution in [3.8, 4) is 5.69 Å². The van der Waals surface area contributed by atoms with Gasteiger partial charge in [0.25, 0.3) is 0 Å². The predicted octanol–water partition coefficient (Wildman–Crippen LogP) is 14.1. The summed E-state index contributed by atoms with van der Waals surface area (Å²) in [5.41, 5.74) is 14.8. The molecule has 0 atom stereocenters. The van der Waals surface area contributed by atoms with Crippen LogP contribution in [0.2, 0.25) is 0 Å². The van der Waals surface area contributed by atoms with Crippen LogP contribution in [-0.4, -0.2) is 12.6 Å². The third kappa shape index (κ3) is 5.95. The standard InChI is InChI=1S/C67H47N3Si/c1-5-24-48(25-6-1)67(49-44-45-60-56(46-49)55-34-13-16-37-59(55)68(60)50-26-7-2-8-27-50)57-35-14-17-38-61(57)69(62-39-18-15-36-58(62)67)51-28-23-29-52(47-51)70-63-40-19-21-42-65(63)71(53-30-9-3-10-31-53,54-32-11-4-12-33-54)66-43-22-20-41-64(66)70/h1-47H. The molecular weight excluding hydrogens is 875 g/mol. The lowest BCUT2D eigenvalue weighted by molar-refractivity contribution is 0.732. The Morgan fingerprint density at radius 1 is 0.282 bits per heavy atom. The molecular formula is C67H47N3Si. The fraction of sp³-hybridized carbons (Fsp3) is 0.0149. The van der Waals surface area contributed by atoms with Crippen LogP contribution in [0.3, 0.4) is 0 Å². The van der Waals surface area contributed by atoms with Gasteiger partial charge in [-0.1, -0.05) is 212 Å². The van der Waals surface area contributed by atoms with Gasteiger partial charge in [0.2, 0.25) is 0 Å². The van der Waals surface area contributed by atoms with Gasteiger partial charge in [-0.2, -0.15) is 0 Å². The highest BCUT2D eigenvalue weighted by molar-refractivity contribution is 7.21. The van der Waals surface area contributed by atoms with Crippen molar-refractivity contribution in [1.82, 2.24) is 4.57 Å². The highest BCUT2D eigenvalue weighted by Crippen LogP contribution is 2.58. The molecule has 0 fully saturated rings. The summed E-state index contributed by atoms with van der Waals surface area (Å²) in [6.07, 6.45) is 0. The predicted molar refractivity (Wildman–Crippen MR) is 299 cm³/mol. The Labute approximate surface area is 415 Å². The van der Waals surface area contributed by atoms with Crippen LogP contribution in [0.15, 0.2) is 285 Å². The molecule has 0 saturated heterocycles. The van der Waals surface area contributed by atoms with Crippen molar-refractivity contribution in [2.24, 2.45) is 0 Å². The van der Waals surface area contributed by atoms with E-state index in [0.29, 0.717) is 0 Å². The minimum absolute atomic E-state index is 0.652. The molecule has 334 valence electrons. The SMILES string of the molecule is c1ccc(-n2c3ccccc3c3cc(C4(c5ccccc5)c5ccccc5N(c5cccc(N6c7ccccc7[Si](c7ccccc7)(c7ccccc7)c7ccccc76)c5)c5ccccc54)ccc32)cc1. The van der Waals surface area contributed by atoms with Gasteiger partial charge in [-0.3, -0.25) is 0 Å². The number of rotatable bonds is 7. The van der Waals surface area contributed by atoms with Gasteiger partial charge in [-0.15, -0.1) is 0 Å². The number of nitrogens with zero attached hydrogens (tertiary/aromatic N) is 3. The van der Waals surface area contributed by atoms with Crippen LogP contribution in [0.25, 0.3) is 27.5 Å². The molecule has 0 aliphatic carbocycles. The Bertz CT molecular complexity index is 3820. The molecule has 0 N–H and O–H groups in total. The molecule has 11 aromatic carbocycles. The topological polar surface area (TPSA) is 11.4 Å². The van der Waals surface area contributed by atoms with Gasteiger partial charge in [0.15, 0.2) is 8.07 Å². The zero-order chi connectivity index (χ0) is 46.9. The molecule has 0 saturated carbocycles. The molecule has 4 heteroatoms. The Hall–Kier alpha value is -8.96. The van der Waals surface area contributed by atoms with E-state index in [0.717, 1.165) is 28.4 Å². The first-order valence-corrected chi connectivity index (χ1v) is 26.6. The van der Waals surface area contributed by atoms with Crippen LogP contribution in [0, 0.1) is 0 Å². The molecule has 12 aromatic rings. The molecule has 0 spiro atoms. The van der Waals surface area contributed by atoms with Gasteiger partial charge >= 0.3 is 0 Å². The zero-order valence-corrected chi connectivity index (χ0v) is 40.0. The van der Waals surface area contributed by atoms with Crippen LogP contribution < -0.4 is 30.5 Å². The van der Waals surface area contributed by atoms with Crippen molar-refractivity contribution in [3.05, 3.63) is 307 Å². The van der Waals surface area contributed by atoms with Gasteiger partial charge < -0.3 is 14.4 Å². The highest BCUT2D eigenvalue weighted by atomic mass is 28.3. The van der Waals surface area contributed by atoms with Gasteiger partial charge in [-0.05, 0) is 116 Å². The van der Waals surface area contributed by atoms with Gasteiger partial charge in [0.05, 0.1) is 27.8 Å². The number of fused-ring (bicyclic) bond motifs is 7. The molecule has 0 radical (unpaired) electrons. The second-order valence-electron chi connectivity index (χ2n) is 18.8. The molecule has 3 nitrogen and oxygen atoms in total. The average molecular weight is 922 g/mol. The summed E-state index contributed by atoms with van der Waals surface area (Å²) in [6, 6.07) is 106. The van der Waals surface area contributed by atoms with Crippen molar-refractivity contribution in [1.29, 1.82) is 0 Å². The quantitative estimate of drug-likeness (QED) is 0.148. The fourth-order valence-corrected chi connectivity index (χ4v) is 17.6. The molecule has 1 aromatic heterocycles. The van der Waals surface area contributed by atoms with Gasteiger partial charge in [0, 0.05) is 39.2 Å². The Morgan fingerprint density at radius 2 is 0.718 bits per heavy atom. The van der Waals surface area contributed by atoms with Crippen molar-refractivity contribution < 1.29 is 0 Å². The van der Waals surface area contributed by atoms with E-state index in [-0.39, 0.29) is 0 Å². The lowest BCUT2D eigenvalue weighted by Gasteiger charge is -2.47. The minimum Gasteiger partial charge on any atom is -0.311 e. The number of aromatic nitrogens is 1. The minimum atomic E-state index is -2.77. The Balaban J connectivity index is 0.982. The highest BCUT2D eigenvalue weighted by Gasteiger charge is 2.50. The maximum Gasteiger partial charge on any atom is 0.184 e. The average Bonchev–Trinajstić information content (AvgIpc) is 3.78. The number of hydrogen-bond acceptors (Lipinski definition) is 2. The summed E-state index contributed by atoms with van der Waals surface area (Å²) in [5.74, 6) is 0. The number of para-hydroxylation sites is 6. The molecule has 0 amide bonds. The summed E-state index contributed by atoms with van der Waals surface area (Å²) in [4.78, 5) is 5.02. The maximum atomic E-state index is 2.52. The summed E-state index contributed by atoms with van der Waals surface area (Å²) in [7, 11) is -2.77. The van der Waals surface area contributed by atoms with Crippen molar-refractivity contribution in [2.75, 3.05) is 9.80 Å². The summed E-state index contributed by atoms with van der Waals surface area (Å²) < 4.78 is 2.41. The Kier molecular flexibility index (Phi) is 9.45. The molecule has 0 bridgehead atoms. The first-order valence-electron chi connectivity index (χ1n) is 24.6. The molecule has 3 heterocycles. The van der Waals surface area contributed by atoms with E-state index >= 15 is 0 Å².